The number of carbonyl (C=O) groups is 1. The number of aryl methyl sites for hydroxylation is 1. The van der Waals surface area contributed by atoms with Crippen LogP contribution in [0.3, 0.4) is 0 Å². The van der Waals surface area contributed by atoms with Gasteiger partial charge in [0.05, 0.1) is 11.8 Å². The smallest absolute Gasteiger partial charge is 0.149 e. The summed E-state index contributed by atoms with van der Waals surface area (Å²) in [4.78, 5) is 14.1. The summed E-state index contributed by atoms with van der Waals surface area (Å²) in [7, 11) is 0. The maximum atomic E-state index is 14.1. The number of rotatable bonds is 0. The van der Waals surface area contributed by atoms with Gasteiger partial charge in [-0.1, -0.05) is 42.5 Å². The van der Waals surface area contributed by atoms with Gasteiger partial charge in [0.25, 0.3) is 0 Å². The highest BCUT2D eigenvalue weighted by atomic mass is 16.1. The first-order valence-electron chi connectivity index (χ1n) is 10.7. The van der Waals surface area contributed by atoms with Gasteiger partial charge in [0.15, 0.2) is 0 Å². The summed E-state index contributed by atoms with van der Waals surface area (Å²) in [5.74, 6) is 2.85. The summed E-state index contributed by atoms with van der Waals surface area (Å²) in [5, 5.41) is 2.88. The summed E-state index contributed by atoms with van der Waals surface area (Å²) in [6.45, 7) is 2.27. The van der Waals surface area contributed by atoms with Gasteiger partial charge in [0.1, 0.15) is 5.78 Å². The van der Waals surface area contributed by atoms with Crippen LogP contribution in [0, 0.1) is 30.6 Å². The molecule has 0 amide bonds. The maximum absolute atomic E-state index is 14.1. The summed E-state index contributed by atoms with van der Waals surface area (Å²) in [6, 6.07) is 7.10. The van der Waals surface area contributed by atoms with Gasteiger partial charge in [-0.2, -0.15) is 0 Å². The average molecular weight is 352 g/mol. The lowest BCUT2D eigenvalue weighted by Crippen LogP contribution is -2.42. The lowest BCUT2D eigenvalue weighted by molar-refractivity contribution is -0.125. The number of allylic oxidation sites excluding steroid dienone is 4. The van der Waals surface area contributed by atoms with Crippen molar-refractivity contribution in [2.45, 2.75) is 44.4 Å². The van der Waals surface area contributed by atoms with Crippen LogP contribution in [0.2, 0.25) is 0 Å². The van der Waals surface area contributed by atoms with Crippen molar-refractivity contribution in [3.05, 3.63) is 70.3 Å². The quantitative estimate of drug-likeness (QED) is 0.581. The minimum atomic E-state index is 0.0982. The highest BCUT2D eigenvalue weighted by molar-refractivity contribution is 6.08. The molecule has 0 spiro atoms. The minimum absolute atomic E-state index is 0.0982. The van der Waals surface area contributed by atoms with Crippen molar-refractivity contribution in [3.8, 4) is 0 Å². The van der Waals surface area contributed by atoms with E-state index in [2.05, 4.69) is 49.4 Å². The zero-order chi connectivity index (χ0) is 17.9. The molecular formula is C26H24O. The van der Waals surface area contributed by atoms with Crippen LogP contribution >= 0.6 is 0 Å². The first-order chi connectivity index (χ1) is 13.2. The van der Waals surface area contributed by atoms with E-state index in [1.54, 1.807) is 0 Å². The zero-order valence-electron chi connectivity index (χ0n) is 15.7. The van der Waals surface area contributed by atoms with Crippen LogP contribution in [0.25, 0.3) is 10.8 Å². The van der Waals surface area contributed by atoms with Gasteiger partial charge in [-0.25, -0.2) is 0 Å². The predicted molar refractivity (Wildman–Crippen MR) is 108 cm³/mol. The van der Waals surface area contributed by atoms with Gasteiger partial charge in [-0.3, -0.25) is 4.79 Å². The molecule has 134 valence electrons. The number of fused-ring (bicyclic) bond motifs is 4. The molecule has 0 N–H and O–H groups in total. The Kier molecular flexibility index (Phi) is 2.65. The molecule has 0 aliphatic heterocycles. The van der Waals surface area contributed by atoms with Crippen LogP contribution in [-0.2, 0) is 17.6 Å². The van der Waals surface area contributed by atoms with Crippen molar-refractivity contribution in [2.75, 3.05) is 0 Å². The molecule has 0 heterocycles. The molecule has 0 saturated heterocycles. The summed E-state index contributed by atoms with van der Waals surface area (Å²) in [6.07, 6.45) is 14.0. The maximum Gasteiger partial charge on any atom is 0.149 e. The van der Waals surface area contributed by atoms with Crippen LogP contribution in [0.15, 0.2) is 42.5 Å². The fraction of sp³-hybridized carbons (Fsp3) is 0.423. The molecular weight excluding hydrogens is 328 g/mol. The SMILES string of the molecule is Cc1cc2c3c4c5c(ccc14)CC1CC=CC1C5C(=O)C3C1C=CCC1C2. The van der Waals surface area contributed by atoms with E-state index in [0.717, 1.165) is 25.7 Å². The van der Waals surface area contributed by atoms with Crippen LogP contribution < -0.4 is 0 Å². The Morgan fingerprint density at radius 2 is 1.48 bits per heavy atom. The molecule has 1 heteroatoms. The van der Waals surface area contributed by atoms with Crippen molar-refractivity contribution in [1.82, 2.24) is 0 Å². The molecule has 5 aliphatic rings. The van der Waals surface area contributed by atoms with Gasteiger partial charge < -0.3 is 0 Å². The monoisotopic (exact) mass is 352 g/mol. The highest BCUT2D eigenvalue weighted by Gasteiger charge is 2.52. The Labute approximate surface area is 160 Å². The molecule has 0 saturated carbocycles. The molecule has 7 rings (SSSR count). The first kappa shape index (κ1) is 14.9. The van der Waals surface area contributed by atoms with E-state index in [9.17, 15) is 4.79 Å². The van der Waals surface area contributed by atoms with E-state index in [0.29, 0.717) is 29.5 Å². The third-order valence-corrected chi connectivity index (χ3v) is 8.42. The van der Waals surface area contributed by atoms with Crippen LogP contribution in [-0.4, -0.2) is 5.78 Å². The van der Waals surface area contributed by atoms with E-state index < -0.39 is 0 Å². The largest absolute Gasteiger partial charge is 0.298 e. The fourth-order valence-corrected chi connectivity index (χ4v) is 7.38. The third kappa shape index (κ3) is 1.66. The van der Waals surface area contributed by atoms with Crippen LogP contribution in [0.4, 0.5) is 0 Å². The molecule has 2 aromatic carbocycles. The second kappa shape index (κ2) is 4.82. The number of ketones is 1. The van der Waals surface area contributed by atoms with Crippen molar-refractivity contribution in [1.29, 1.82) is 0 Å². The van der Waals surface area contributed by atoms with Crippen LogP contribution in [0.5, 0.6) is 0 Å². The van der Waals surface area contributed by atoms with E-state index in [1.807, 2.05) is 0 Å². The molecule has 1 nitrogen and oxygen atoms in total. The first-order valence-corrected chi connectivity index (χ1v) is 10.7. The molecule has 0 fully saturated rings. The second-order valence-corrected chi connectivity index (χ2v) is 9.60. The van der Waals surface area contributed by atoms with Crippen LogP contribution in [0.1, 0.15) is 52.5 Å². The number of hydrogen-bond donors (Lipinski definition) is 0. The Morgan fingerprint density at radius 3 is 2.19 bits per heavy atom. The second-order valence-electron chi connectivity index (χ2n) is 9.60. The lowest BCUT2D eigenvalue weighted by atomic mass is 9.56. The molecule has 5 aliphatic carbocycles. The average Bonchev–Trinajstić information content (AvgIpc) is 3.31. The molecule has 6 atom stereocenters. The lowest BCUT2D eigenvalue weighted by Gasteiger charge is -2.46. The van der Waals surface area contributed by atoms with Gasteiger partial charge >= 0.3 is 0 Å². The normalized spacial score (nSPS) is 37.0. The molecule has 27 heavy (non-hydrogen) atoms. The number of carbonyl (C=O) groups excluding carboxylic acids is 1. The third-order valence-electron chi connectivity index (χ3n) is 8.42. The van der Waals surface area contributed by atoms with Gasteiger partial charge in [0.2, 0.25) is 0 Å². The van der Waals surface area contributed by atoms with E-state index in [-0.39, 0.29) is 11.8 Å². The summed E-state index contributed by atoms with van der Waals surface area (Å²) in [5.41, 5.74) is 7.16. The molecule has 0 bridgehead atoms. The van der Waals surface area contributed by atoms with Gasteiger partial charge in [0, 0.05) is 0 Å². The van der Waals surface area contributed by atoms with Crippen molar-refractivity contribution < 1.29 is 4.79 Å². The molecule has 0 radical (unpaired) electrons. The summed E-state index contributed by atoms with van der Waals surface area (Å²) < 4.78 is 0. The number of hydrogen-bond acceptors (Lipinski definition) is 1. The molecule has 2 aromatic rings. The van der Waals surface area contributed by atoms with Crippen molar-refractivity contribution >= 4 is 16.6 Å². The zero-order valence-corrected chi connectivity index (χ0v) is 15.7. The Balaban J connectivity index is 1.63. The number of benzene rings is 2. The predicted octanol–water partition coefficient (Wildman–Crippen LogP) is 5.39. The van der Waals surface area contributed by atoms with E-state index in [1.165, 1.54) is 38.6 Å². The highest BCUT2D eigenvalue weighted by Crippen LogP contribution is 2.58. The summed E-state index contributed by atoms with van der Waals surface area (Å²) >= 11 is 0. The Hall–Kier alpha value is -2.15. The van der Waals surface area contributed by atoms with E-state index >= 15 is 0 Å². The fourth-order valence-electron chi connectivity index (χ4n) is 7.38. The topological polar surface area (TPSA) is 17.1 Å². The van der Waals surface area contributed by atoms with Gasteiger partial charge in [-0.15, -0.1) is 0 Å². The molecule has 0 aromatic heterocycles. The van der Waals surface area contributed by atoms with Crippen molar-refractivity contribution in [3.63, 3.8) is 0 Å². The van der Waals surface area contributed by atoms with E-state index in [4.69, 9.17) is 0 Å². The van der Waals surface area contributed by atoms with Gasteiger partial charge in [-0.05, 0) is 94.9 Å². The number of Topliss-reactive ketones (excluding diaryl/α,β-unsaturated/α-hetero) is 1. The Bertz CT molecular complexity index is 1080. The molecule has 6 unspecified atom stereocenters. The Morgan fingerprint density at radius 1 is 0.852 bits per heavy atom. The standard InChI is InChI=1S/C26H24O/c1-13-10-17-12-15-5-3-7-20(15)25-22(17)23-18(13)9-8-16-11-14-4-2-6-19(14)24(21(16)23)26(25)27/h2-3,6-10,14-15,19-20,24-25H,4-5,11-12H2,1H3. The van der Waals surface area contributed by atoms with Crippen molar-refractivity contribution in [2.24, 2.45) is 23.7 Å². The minimum Gasteiger partial charge on any atom is -0.298 e.